The summed E-state index contributed by atoms with van der Waals surface area (Å²) < 4.78 is 24.0. The smallest absolute Gasteiger partial charge is 0.191 e. The van der Waals surface area contributed by atoms with Crippen LogP contribution in [-0.2, 0) is 25.2 Å². The summed E-state index contributed by atoms with van der Waals surface area (Å²) in [6.07, 6.45) is 4.16. The molecule has 0 amide bonds. The average Bonchev–Trinajstić information content (AvgIpc) is 2.72. The second-order valence-electron chi connectivity index (χ2n) is 10.1. The topological polar surface area (TPSA) is 57.2 Å². The molecule has 180 valence electrons. The molecule has 0 spiro atoms. The van der Waals surface area contributed by atoms with Crippen molar-refractivity contribution >= 4 is 8.32 Å². The van der Waals surface area contributed by atoms with Crippen LogP contribution in [0.1, 0.15) is 65.4 Å². The number of ether oxygens (including phenoxy) is 3. The lowest BCUT2D eigenvalue weighted by atomic mass is 9.89. The SMILES string of the molecule is COCO[C@@](C)(CCCO)[C@@H](CCCCO[Si](C)(C)C(C)(C)C)OCc1ccccc1. The quantitative estimate of drug-likeness (QED) is 0.191. The summed E-state index contributed by atoms with van der Waals surface area (Å²) in [6, 6.07) is 10.2. The monoisotopic (exact) mass is 454 g/mol. The maximum Gasteiger partial charge on any atom is 0.191 e. The summed E-state index contributed by atoms with van der Waals surface area (Å²) in [5, 5.41) is 9.62. The van der Waals surface area contributed by atoms with Gasteiger partial charge in [-0.25, -0.2) is 0 Å². The van der Waals surface area contributed by atoms with Crippen molar-refractivity contribution in [1.82, 2.24) is 0 Å². The van der Waals surface area contributed by atoms with Crippen LogP contribution in [0.3, 0.4) is 0 Å². The van der Waals surface area contributed by atoms with Gasteiger partial charge in [-0.3, -0.25) is 0 Å². The van der Waals surface area contributed by atoms with Gasteiger partial charge < -0.3 is 23.7 Å². The maximum atomic E-state index is 9.39. The Morgan fingerprint density at radius 2 is 1.68 bits per heavy atom. The van der Waals surface area contributed by atoms with Crippen molar-refractivity contribution in [2.75, 3.05) is 27.1 Å². The second-order valence-corrected chi connectivity index (χ2v) is 14.9. The first-order valence-corrected chi connectivity index (χ1v) is 14.5. The Kier molecular flexibility index (Phi) is 12.5. The highest BCUT2D eigenvalue weighted by atomic mass is 28.4. The van der Waals surface area contributed by atoms with Crippen LogP contribution in [0.2, 0.25) is 18.1 Å². The van der Waals surface area contributed by atoms with Crippen molar-refractivity contribution in [3.05, 3.63) is 35.9 Å². The normalized spacial score (nSPS) is 15.6. The van der Waals surface area contributed by atoms with Crippen LogP contribution < -0.4 is 0 Å². The minimum absolute atomic E-state index is 0.0951. The molecule has 5 nitrogen and oxygen atoms in total. The predicted molar refractivity (Wildman–Crippen MR) is 130 cm³/mol. The van der Waals surface area contributed by atoms with Gasteiger partial charge in [0.25, 0.3) is 0 Å². The summed E-state index contributed by atoms with van der Waals surface area (Å²) in [5.74, 6) is 0. The van der Waals surface area contributed by atoms with Crippen LogP contribution in [0.25, 0.3) is 0 Å². The van der Waals surface area contributed by atoms with E-state index in [0.29, 0.717) is 19.4 Å². The summed E-state index contributed by atoms with van der Waals surface area (Å²) in [7, 11) is -0.0840. The van der Waals surface area contributed by atoms with E-state index in [0.717, 1.165) is 31.4 Å². The fourth-order valence-electron chi connectivity index (χ4n) is 3.26. The number of hydrogen-bond donors (Lipinski definition) is 1. The first-order chi connectivity index (χ1) is 14.6. The molecule has 0 bridgehead atoms. The summed E-state index contributed by atoms with van der Waals surface area (Å²) in [5.41, 5.74) is 0.623. The third kappa shape index (κ3) is 10.1. The van der Waals surface area contributed by atoms with Gasteiger partial charge in [0.1, 0.15) is 6.79 Å². The minimum Gasteiger partial charge on any atom is -0.417 e. The molecule has 0 unspecified atom stereocenters. The molecule has 0 fully saturated rings. The Morgan fingerprint density at radius 3 is 2.26 bits per heavy atom. The highest BCUT2D eigenvalue weighted by molar-refractivity contribution is 6.74. The van der Waals surface area contributed by atoms with Gasteiger partial charge in [0.15, 0.2) is 8.32 Å². The van der Waals surface area contributed by atoms with E-state index in [1.807, 2.05) is 18.2 Å². The molecule has 0 heterocycles. The van der Waals surface area contributed by atoms with E-state index in [1.54, 1.807) is 7.11 Å². The lowest BCUT2D eigenvalue weighted by Crippen LogP contribution is -2.44. The van der Waals surface area contributed by atoms with E-state index < -0.39 is 13.9 Å². The Hall–Kier alpha value is -0.763. The van der Waals surface area contributed by atoms with Crippen LogP contribution in [-0.4, -0.2) is 52.2 Å². The fourth-order valence-corrected chi connectivity index (χ4v) is 4.35. The van der Waals surface area contributed by atoms with Crippen LogP contribution in [0, 0.1) is 0 Å². The van der Waals surface area contributed by atoms with Gasteiger partial charge in [-0.1, -0.05) is 51.1 Å². The molecule has 1 aromatic carbocycles. The van der Waals surface area contributed by atoms with E-state index in [1.165, 1.54) is 0 Å². The third-order valence-corrected chi connectivity index (χ3v) is 11.0. The molecule has 0 aliphatic heterocycles. The molecule has 31 heavy (non-hydrogen) atoms. The minimum atomic E-state index is -1.71. The summed E-state index contributed by atoms with van der Waals surface area (Å²) in [4.78, 5) is 0. The van der Waals surface area contributed by atoms with Gasteiger partial charge in [0.05, 0.1) is 18.3 Å². The van der Waals surface area contributed by atoms with Gasteiger partial charge in [0.2, 0.25) is 0 Å². The number of benzene rings is 1. The van der Waals surface area contributed by atoms with Crippen molar-refractivity contribution in [2.45, 2.75) is 96.2 Å². The summed E-state index contributed by atoms with van der Waals surface area (Å²) >= 11 is 0. The molecule has 1 aromatic rings. The molecule has 1 rings (SSSR count). The van der Waals surface area contributed by atoms with Gasteiger partial charge in [-0.15, -0.1) is 0 Å². The largest absolute Gasteiger partial charge is 0.417 e. The first-order valence-electron chi connectivity index (χ1n) is 11.6. The Labute approximate surface area is 191 Å². The van der Waals surface area contributed by atoms with E-state index in [2.05, 4.69) is 52.9 Å². The third-order valence-electron chi connectivity index (χ3n) is 6.44. The number of methoxy groups -OCH3 is 1. The maximum absolute atomic E-state index is 9.39. The Morgan fingerprint density at radius 1 is 1.00 bits per heavy atom. The average molecular weight is 455 g/mol. The van der Waals surface area contributed by atoms with Crippen LogP contribution in [0.5, 0.6) is 0 Å². The molecular formula is C25H46O5Si. The number of aliphatic hydroxyl groups excluding tert-OH is 1. The van der Waals surface area contributed by atoms with Gasteiger partial charge in [-0.2, -0.15) is 0 Å². The van der Waals surface area contributed by atoms with Crippen LogP contribution in [0.4, 0.5) is 0 Å². The van der Waals surface area contributed by atoms with Crippen molar-refractivity contribution < 1.29 is 23.7 Å². The molecule has 0 aromatic heterocycles. The number of aliphatic hydroxyl groups is 1. The van der Waals surface area contributed by atoms with Gasteiger partial charge >= 0.3 is 0 Å². The molecule has 0 saturated heterocycles. The van der Waals surface area contributed by atoms with Gasteiger partial charge in [-0.05, 0) is 62.7 Å². The van der Waals surface area contributed by atoms with Crippen molar-refractivity contribution in [3.63, 3.8) is 0 Å². The van der Waals surface area contributed by atoms with Crippen molar-refractivity contribution in [3.8, 4) is 0 Å². The van der Waals surface area contributed by atoms with Gasteiger partial charge in [0, 0.05) is 20.3 Å². The standard InChI is InChI=1S/C25H46O5Si/c1-24(2,3)31(6,7)30-19-12-11-16-23(28-20-22-14-9-8-10-15-22)25(4,17-13-18-26)29-21-27-5/h8-10,14-15,23,26H,11-13,16-21H2,1-7H3/t23-,25+/m1/s1. The van der Waals surface area contributed by atoms with E-state index in [9.17, 15) is 5.11 Å². The first kappa shape index (κ1) is 28.3. The lowest BCUT2D eigenvalue weighted by molar-refractivity contribution is -0.191. The number of unbranched alkanes of at least 4 members (excludes halogenated alkanes) is 1. The zero-order chi connectivity index (χ0) is 23.4. The number of hydrogen-bond acceptors (Lipinski definition) is 5. The zero-order valence-corrected chi connectivity index (χ0v) is 21.9. The molecule has 2 atom stereocenters. The molecule has 0 aliphatic carbocycles. The van der Waals surface area contributed by atoms with Crippen molar-refractivity contribution in [2.24, 2.45) is 0 Å². The fraction of sp³-hybridized carbons (Fsp3) is 0.760. The second kappa shape index (κ2) is 13.7. The molecule has 0 aliphatic rings. The number of rotatable bonds is 16. The summed E-state index contributed by atoms with van der Waals surface area (Å²) in [6.45, 7) is 15.1. The van der Waals surface area contributed by atoms with E-state index >= 15 is 0 Å². The Bertz CT molecular complexity index is 577. The highest BCUT2D eigenvalue weighted by Gasteiger charge is 2.37. The van der Waals surface area contributed by atoms with E-state index in [4.69, 9.17) is 18.6 Å². The van der Waals surface area contributed by atoms with Crippen LogP contribution in [0.15, 0.2) is 30.3 Å². The molecular weight excluding hydrogens is 408 g/mol. The lowest BCUT2D eigenvalue weighted by Gasteiger charge is -2.38. The molecule has 6 heteroatoms. The Balaban J connectivity index is 2.74. The van der Waals surface area contributed by atoms with Crippen molar-refractivity contribution in [1.29, 1.82) is 0 Å². The highest BCUT2D eigenvalue weighted by Crippen LogP contribution is 2.36. The van der Waals surface area contributed by atoms with E-state index in [-0.39, 0.29) is 24.5 Å². The molecule has 0 saturated carbocycles. The van der Waals surface area contributed by atoms with Crippen LogP contribution >= 0.6 is 0 Å². The molecule has 0 radical (unpaired) electrons. The zero-order valence-electron chi connectivity index (χ0n) is 20.9. The predicted octanol–water partition coefficient (Wildman–Crippen LogP) is 5.92. The molecule has 1 N–H and O–H groups in total.